The lowest BCUT2D eigenvalue weighted by Gasteiger charge is -2.26. The van der Waals surface area contributed by atoms with Gasteiger partial charge in [0.15, 0.2) is 7.14 Å². The zero-order chi connectivity index (χ0) is 32.0. The molecule has 1 aliphatic rings. The largest absolute Gasteiger partial charge is 0.311 e. The molecule has 1 aliphatic heterocycles. The number of allylic oxidation sites excluding steroid dienone is 1. The molecule has 4 heteroatoms. The van der Waals surface area contributed by atoms with Crippen molar-refractivity contribution in [2.24, 2.45) is 0 Å². The van der Waals surface area contributed by atoms with Crippen molar-refractivity contribution in [2.75, 3.05) is 4.90 Å². The summed E-state index contributed by atoms with van der Waals surface area (Å²) in [6.07, 6.45) is 6.12. The highest BCUT2D eigenvalue weighted by Gasteiger charge is 2.43. The van der Waals surface area contributed by atoms with Crippen LogP contribution in [0.15, 0.2) is 164 Å². The number of benzene rings is 6. The summed E-state index contributed by atoms with van der Waals surface area (Å²) < 4.78 is 18.1. The molecule has 0 amide bonds. The van der Waals surface area contributed by atoms with Gasteiger partial charge in [0.1, 0.15) is 0 Å². The maximum Gasteiger partial charge on any atom is 0.174 e. The minimum atomic E-state index is -3.22. The molecule has 0 saturated heterocycles. The van der Waals surface area contributed by atoms with Crippen LogP contribution >= 0.6 is 7.14 Å². The summed E-state index contributed by atoms with van der Waals surface area (Å²) in [6, 6.07) is 52.0. The zero-order valence-electron chi connectivity index (χ0n) is 26.1. The molecule has 6 aromatic carbocycles. The predicted molar refractivity (Wildman–Crippen MR) is 201 cm³/mol. The van der Waals surface area contributed by atoms with Gasteiger partial charge in [0.2, 0.25) is 0 Å². The van der Waals surface area contributed by atoms with Gasteiger partial charge in [0.05, 0.1) is 16.5 Å². The third-order valence-corrected chi connectivity index (χ3v) is 12.2. The lowest BCUT2D eigenvalue weighted by molar-refractivity contribution is 0.593. The molecule has 2 heterocycles. The fourth-order valence-corrected chi connectivity index (χ4v) is 10.4. The van der Waals surface area contributed by atoms with Crippen molar-refractivity contribution in [3.8, 4) is 16.8 Å². The number of anilines is 3. The van der Waals surface area contributed by atoms with Crippen LogP contribution in [-0.2, 0) is 4.57 Å². The van der Waals surface area contributed by atoms with Crippen molar-refractivity contribution in [1.29, 1.82) is 0 Å². The van der Waals surface area contributed by atoms with Gasteiger partial charge >= 0.3 is 0 Å². The first-order valence-electron chi connectivity index (χ1n) is 15.9. The van der Waals surface area contributed by atoms with Crippen molar-refractivity contribution < 1.29 is 4.57 Å². The molecule has 1 atom stereocenters. The minimum Gasteiger partial charge on any atom is -0.311 e. The summed E-state index contributed by atoms with van der Waals surface area (Å²) >= 11 is 0. The standard InChI is InChI=1S/C43H33N2OP/c1-3-16-40-36(4-2)38-29-30-39-37-23-14-15-24-41(37)47(46,35-21-12-7-13-22-35)43(39)42(38)45(40)34-27-25-33(26-28-34)44(31-17-8-5-9-18-31)32-19-10-6-11-20-32/h3-30H,2H2,1H3/b16-3-. The highest BCUT2D eigenvalue weighted by molar-refractivity contribution is 7.86. The van der Waals surface area contributed by atoms with Gasteiger partial charge < -0.3 is 14.0 Å². The smallest absolute Gasteiger partial charge is 0.174 e. The summed E-state index contributed by atoms with van der Waals surface area (Å²) in [7, 11) is -3.22. The van der Waals surface area contributed by atoms with Gasteiger partial charge in [-0.2, -0.15) is 0 Å². The normalized spacial score (nSPS) is 15.1. The molecule has 226 valence electrons. The molecule has 0 bridgehead atoms. The van der Waals surface area contributed by atoms with Crippen LogP contribution in [0.3, 0.4) is 0 Å². The van der Waals surface area contributed by atoms with Crippen molar-refractivity contribution in [3.63, 3.8) is 0 Å². The second-order valence-corrected chi connectivity index (χ2v) is 14.3. The number of hydrogen-bond donors (Lipinski definition) is 0. The van der Waals surface area contributed by atoms with Crippen molar-refractivity contribution in [1.82, 2.24) is 4.57 Å². The molecule has 0 aliphatic carbocycles. The molecule has 0 fully saturated rings. The second-order valence-electron chi connectivity index (χ2n) is 11.7. The van der Waals surface area contributed by atoms with Crippen molar-refractivity contribution in [2.45, 2.75) is 6.92 Å². The molecule has 47 heavy (non-hydrogen) atoms. The Hall–Kier alpha value is -5.63. The van der Waals surface area contributed by atoms with E-state index < -0.39 is 7.14 Å². The van der Waals surface area contributed by atoms with Gasteiger partial charge in [-0.25, -0.2) is 0 Å². The van der Waals surface area contributed by atoms with Gasteiger partial charge in [-0.15, -0.1) is 0 Å². The number of para-hydroxylation sites is 2. The summed E-state index contributed by atoms with van der Waals surface area (Å²) in [5, 5.41) is 3.66. The monoisotopic (exact) mass is 624 g/mol. The van der Waals surface area contributed by atoms with Crippen LogP contribution in [0.25, 0.3) is 39.9 Å². The van der Waals surface area contributed by atoms with E-state index in [9.17, 15) is 0 Å². The molecule has 7 aromatic rings. The van der Waals surface area contributed by atoms with Gasteiger partial charge in [-0.05, 0) is 72.7 Å². The minimum absolute atomic E-state index is 0.843. The number of aromatic nitrogens is 1. The molecule has 1 aromatic heterocycles. The number of nitrogens with zero attached hydrogens (tertiary/aromatic N) is 2. The van der Waals surface area contributed by atoms with E-state index >= 15 is 4.57 Å². The van der Waals surface area contributed by atoms with Crippen molar-refractivity contribution >= 4 is 63.2 Å². The Morgan fingerprint density at radius 2 is 1.21 bits per heavy atom. The topological polar surface area (TPSA) is 25.2 Å². The number of rotatable bonds is 7. The van der Waals surface area contributed by atoms with E-state index in [0.717, 1.165) is 72.0 Å². The molecule has 8 rings (SSSR count). The van der Waals surface area contributed by atoms with E-state index in [2.05, 4.69) is 119 Å². The molecule has 3 nitrogen and oxygen atoms in total. The quantitative estimate of drug-likeness (QED) is 0.165. The van der Waals surface area contributed by atoms with Gasteiger partial charge in [0.25, 0.3) is 0 Å². The molecular formula is C43H33N2OP. The van der Waals surface area contributed by atoms with E-state index in [0.29, 0.717) is 0 Å². The van der Waals surface area contributed by atoms with Crippen LogP contribution < -0.4 is 20.8 Å². The Balaban J connectivity index is 1.41. The zero-order valence-corrected chi connectivity index (χ0v) is 27.0. The van der Waals surface area contributed by atoms with E-state index in [1.165, 1.54) is 0 Å². The Morgan fingerprint density at radius 3 is 1.83 bits per heavy atom. The Morgan fingerprint density at radius 1 is 0.638 bits per heavy atom. The summed E-state index contributed by atoms with van der Waals surface area (Å²) in [5.74, 6) is 0. The summed E-state index contributed by atoms with van der Waals surface area (Å²) in [6.45, 7) is 6.27. The first-order valence-corrected chi connectivity index (χ1v) is 17.6. The number of fused-ring (bicyclic) bond motifs is 5. The molecule has 0 N–H and O–H groups in total. The SMILES string of the molecule is C=Cc1c(/C=C\C)n(-c2ccc(N(c3ccccc3)c3ccccc3)cc2)c2c3c(ccc12)-c1ccccc1P3(=O)c1ccccc1. The predicted octanol–water partition coefficient (Wildman–Crippen LogP) is 10.4. The van der Waals surface area contributed by atoms with Gasteiger partial charge in [-0.3, -0.25) is 0 Å². The molecular weight excluding hydrogens is 591 g/mol. The average molecular weight is 625 g/mol. The van der Waals surface area contributed by atoms with Crippen LogP contribution in [-0.4, -0.2) is 4.57 Å². The number of hydrogen-bond acceptors (Lipinski definition) is 2. The highest BCUT2D eigenvalue weighted by Crippen LogP contribution is 2.54. The maximum atomic E-state index is 15.8. The van der Waals surface area contributed by atoms with Crippen LogP contribution in [0.1, 0.15) is 18.2 Å². The van der Waals surface area contributed by atoms with E-state index in [1.54, 1.807) is 0 Å². The van der Waals surface area contributed by atoms with Crippen LogP contribution in [0.4, 0.5) is 17.1 Å². The molecule has 0 spiro atoms. The van der Waals surface area contributed by atoms with E-state index in [1.807, 2.05) is 73.7 Å². The third-order valence-electron chi connectivity index (χ3n) is 9.07. The van der Waals surface area contributed by atoms with E-state index in [-0.39, 0.29) is 0 Å². The molecule has 0 radical (unpaired) electrons. The lowest BCUT2D eigenvalue weighted by Crippen LogP contribution is -2.22. The molecule has 1 unspecified atom stereocenters. The second kappa shape index (κ2) is 11.6. The summed E-state index contributed by atoms with van der Waals surface area (Å²) in [5.41, 5.74) is 9.27. The Kier molecular flexibility index (Phi) is 7.13. The average Bonchev–Trinajstić information content (AvgIpc) is 3.59. The fraction of sp³-hybridized carbons (Fsp3) is 0.0233. The van der Waals surface area contributed by atoms with Crippen LogP contribution in [0, 0.1) is 0 Å². The highest BCUT2D eigenvalue weighted by atomic mass is 31.2. The lowest BCUT2D eigenvalue weighted by atomic mass is 10.0. The first kappa shape index (κ1) is 28.8. The van der Waals surface area contributed by atoms with Crippen LogP contribution in [0.5, 0.6) is 0 Å². The maximum absolute atomic E-state index is 15.8. The Bertz CT molecular complexity index is 2300. The summed E-state index contributed by atoms with van der Waals surface area (Å²) in [4.78, 5) is 2.26. The molecule has 0 saturated carbocycles. The van der Waals surface area contributed by atoms with Crippen molar-refractivity contribution in [3.05, 3.63) is 176 Å². The third kappa shape index (κ3) is 4.47. The fourth-order valence-electron chi connectivity index (χ4n) is 7.10. The van der Waals surface area contributed by atoms with E-state index in [4.69, 9.17) is 0 Å². The van der Waals surface area contributed by atoms with Gasteiger partial charge in [-0.1, -0.05) is 122 Å². The van der Waals surface area contributed by atoms with Gasteiger partial charge in [0, 0.05) is 44.3 Å². The first-order chi connectivity index (χ1) is 23.1. The van der Waals surface area contributed by atoms with Crippen LogP contribution in [0.2, 0.25) is 0 Å². The Labute approximate surface area is 275 Å².